The van der Waals surface area contributed by atoms with Gasteiger partial charge in [0.25, 0.3) is 11.8 Å². The van der Waals surface area contributed by atoms with E-state index in [0.717, 1.165) is 66.2 Å². The highest BCUT2D eigenvalue weighted by Crippen LogP contribution is 2.42. The molecule has 3 saturated heterocycles. The smallest absolute Gasteiger partial charge is 0.328 e. The highest BCUT2D eigenvalue weighted by molar-refractivity contribution is 6.34. The molecule has 4 aliphatic rings. The monoisotopic (exact) mass is 774 g/mol. The summed E-state index contributed by atoms with van der Waals surface area (Å²) in [5.41, 5.74) is 13.0. The minimum absolute atomic E-state index is 0.0936. The Labute approximate surface area is 326 Å². The number of anilines is 4. The average molecular weight is 775 g/mol. The topological polar surface area (TPSA) is 187 Å². The second-order valence-electron chi connectivity index (χ2n) is 14.9. The molecule has 2 aromatic carbocycles. The van der Waals surface area contributed by atoms with Crippen LogP contribution in [0.1, 0.15) is 51.4 Å². The molecule has 0 atom stereocenters. The van der Waals surface area contributed by atoms with E-state index in [9.17, 15) is 19.2 Å². The number of aromatic nitrogens is 5. The second-order valence-corrected chi connectivity index (χ2v) is 15.3. The molecule has 0 bridgehead atoms. The van der Waals surface area contributed by atoms with E-state index >= 15 is 0 Å². The zero-order valence-electron chi connectivity index (χ0n) is 30.7. The van der Waals surface area contributed by atoms with Crippen LogP contribution in [0.2, 0.25) is 5.02 Å². The molecule has 56 heavy (non-hydrogen) atoms. The summed E-state index contributed by atoms with van der Waals surface area (Å²) in [5, 5.41) is 10.6. The summed E-state index contributed by atoms with van der Waals surface area (Å²) >= 11 is 6.40. The van der Waals surface area contributed by atoms with E-state index in [0.29, 0.717) is 53.9 Å². The Morgan fingerprint density at radius 2 is 1.73 bits per heavy atom. The van der Waals surface area contributed by atoms with Crippen molar-refractivity contribution in [2.75, 3.05) is 61.4 Å². The van der Waals surface area contributed by atoms with Crippen molar-refractivity contribution in [3.8, 4) is 11.3 Å². The van der Waals surface area contributed by atoms with E-state index in [2.05, 4.69) is 37.6 Å². The van der Waals surface area contributed by atoms with Crippen LogP contribution >= 0.6 is 11.6 Å². The molecule has 16 nitrogen and oxygen atoms in total. The van der Waals surface area contributed by atoms with Crippen LogP contribution in [0.25, 0.3) is 16.9 Å². The van der Waals surface area contributed by atoms with E-state index in [1.807, 2.05) is 29.4 Å². The fourth-order valence-electron chi connectivity index (χ4n) is 8.50. The number of carbonyl (C=O) groups is 4. The number of fused-ring (bicyclic) bond motifs is 2. The highest BCUT2D eigenvalue weighted by Gasteiger charge is 2.45. The summed E-state index contributed by atoms with van der Waals surface area (Å²) in [6.07, 6.45) is 7.91. The third-order valence-corrected chi connectivity index (χ3v) is 11.7. The van der Waals surface area contributed by atoms with Gasteiger partial charge >= 0.3 is 6.03 Å². The summed E-state index contributed by atoms with van der Waals surface area (Å²) in [6, 6.07) is 12.5. The van der Waals surface area contributed by atoms with Gasteiger partial charge in [-0.1, -0.05) is 23.7 Å². The molecular formula is C39H39ClN12O4. The molecule has 3 aromatic heterocycles. The van der Waals surface area contributed by atoms with Gasteiger partial charge in [0, 0.05) is 82.2 Å². The van der Waals surface area contributed by atoms with E-state index < -0.39 is 11.9 Å². The molecule has 5 amide bonds. The van der Waals surface area contributed by atoms with Crippen molar-refractivity contribution in [3.05, 3.63) is 88.6 Å². The summed E-state index contributed by atoms with van der Waals surface area (Å²) in [4.78, 5) is 71.4. The third kappa shape index (κ3) is 6.23. The molecule has 0 unspecified atom stereocenters. The number of piperidine rings is 1. The number of carbonyl (C=O) groups excluding carboxylic acids is 4. The first-order valence-corrected chi connectivity index (χ1v) is 19.0. The summed E-state index contributed by atoms with van der Waals surface area (Å²) in [7, 11) is 1.80. The van der Waals surface area contributed by atoms with Gasteiger partial charge in [-0.2, -0.15) is 0 Å². The predicted octanol–water partition coefficient (Wildman–Crippen LogP) is 3.86. The average Bonchev–Trinajstić information content (AvgIpc) is 3.83. The zero-order valence-corrected chi connectivity index (χ0v) is 31.4. The Morgan fingerprint density at radius 1 is 0.929 bits per heavy atom. The molecule has 3 fully saturated rings. The first-order valence-electron chi connectivity index (χ1n) is 18.6. The molecule has 5 aromatic rings. The minimum Gasteiger partial charge on any atom is -0.385 e. The molecular weight excluding hydrogens is 736 g/mol. The number of nitrogens with two attached hydrogens (primary N) is 1. The number of nitrogens with zero attached hydrogens (tertiary/aromatic N) is 9. The van der Waals surface area contributed by atoms with Gasteiger partial charge in [-0.05, 0) is 54.5 Å². The van der Waals surface area contributed by atoms with Crippen LogP contribution in [-0.2, 0) is 17.8 Å². The lowest BCUT2D eigenvalue weighted by atomic mass is 9.72. The van der Waals surface area contributed by atoms with Crippen molar-refractivity contribution in [1.82, 2.24) is 39.7 Å². The third-order valence-electron chi connectivity index (χ3n) is 11.4. The summed E-state index contributed by atoms with van der Waals surface area (Å²) in [5.74, 6) is -0.351. The molecule has 0 radical (unpaired) electrons. The molecule has 0 saturated carbocycles. The number of urea groups is 1. The van der Waals surface area contributed by atoms with Gasteiger partial charge < -0.3 is 20.9 Å². The fourth-order valence-corrected chi connectivity index (χ4v) is 8.72. The fraction of sp³-hybridized carbons (Fsp3) is 0.333. The number of benzene rings is 2. The van der Waals surface area contributed by atoms with Gasteiger partial charge in [0.05, 0.1) is 46.4 Å². The number of hydrogen-bond acceptors (Lipinski definition) is 11. The number of hydrogen-bond donors (Lipinski definition) is 3. The minimum atomic E-state index is -0.599. The Balaban J connectivity index is 0.820. The first-order chi connectivity index (χ1) is 27.1. The SMILES string of the molecule is CNc1cc(N2CCc3c(-c4cnc(CN5CC6(CCN(C(=O)c7ccc(Cl)c(N8CCC(=O)NC8=O)c7)CC6)C5)cn4)cccc32)nn2c(C(N)=O)cnc12. The molecule has 4 N–H and O–H groups in total. The van der Waals surface area contributed by atoms with Crippen LogP contribution < -0.4 is 26.2 Å². The van der Waals surface area contributed by atoms with Crippen molar-refractivity contribution >= 4 is 63.9 Å². The Bertz CT molecular complexity index is 2420. The summed E-state index contributed by atoms with van der Waals surface area (Å²) in [6.45, 7) is 4.78. The number of imidazole rings is 1. The number of nitrogens with one attached hydrogen (secondary N) is 2. The van der Waals surface area contributed by atoms with Gasteiger partial charge in [0.15, 0.2) is 11.5 Å². The molecule has 1 spiro atoms. The van der Waals surface area contributed by atoms with Gasteiger partial charge in [0.2, 0.25) is 5.91 Å². The highest BCUT2D eigenvalue weighted by atomic mass is 35.5. The van der Waals surface area contributed by atoms with Crippen molar-refractivity contribution < 1.29 is 19.2 Å². The largest absolute Gasteiger partial charge is 0.385 e. The molecule has 9 rings (SSSR count). The molecule has 286 valence electrons. The van der Waals surface area contributed by atoms with Crippen molar-refractivity contribution in [1.29, 1.82) is 0 Å². The van der Waals surface area contributed by atoms with Crippen LogP contribution in [-0.4, -0.2) is 104 Å². The standard InChI is InChI=1S/C39H39ClN12O4/c1-42-28-16-33(47-52-32(35(41)54)19-45-36(28)52)50-11-7-26-25(3-2-4-30(26)50)29-18-43-24(17-44-29)20-48-21-39(22-48)9-13-49(14-10-39)37(55)23-5-6-27(40)31(15-23)51-12-8-34(53)46-38(51)56/h2-6,15-19,42H,7-14,20-22H2,1H3,(H2,41,54)(H,46,53,56). The maximum atomic E-state index is 13.5. The zero-order chi connectivity index (χ0) is 38.7. The van der Waals surface area contributed by atoms with E-state index in [1.165, 1.54) is 15.6 Å². The summed E-state index contributed by atoms with van der Waals surface area (Å²) < 4.78 is 1.49. The first kappa shape index (κ1) is 35.6. The Kier molecular flexibility index (Phi) is 8.81. The lowest BCUT2D eigenvalue weighted by Crippen LogP contribution is -2.60. The Hall–Kier alpha value is -6.13. The molecule has 17 heteroatoms. The van der Waals surface area contributed by atoms with E-state index in [4.69, 9.17) is 32.4 Å². The van der Waals surface area contributed by atoms with Crippen molar-refractivity contribution in [2.45, 2.75) is 32.2 Å². The molecule has 4 aliphatic heterocycles. The molecule has 7 heterocycles. The van der Waals surface area contributed by atoms with E-state index in [-0.39, 0.29) is 35.9 Å². The second kappa shape index (κ2) is 13.9. The van der Waals surface area contributed by atoms with Gasteiger partial charge in [0.1, 0.15) is 5.69 Å². The number of halogens is 1. The van der Waals surface area contributed by atoms with Crippen molar-refractivity contribution in [3.63, 3.8) is 0 Å². The van der Waals surface area contributed by atoms with Crippen LogP contribution in [0.15, 0.2) is 61.1 Å². The lowest BCUT2D eigenvalue weighted by Gasteiger charge is -2.54. The van der Waals surface area contributed by atoms with Crippen molar-refractivity contribution in [2.24, 2.45) is 11.1 Å². The number of rotatable bonds is 8. The number of primary amides is 1. The molecule has 0 aliphatic carbocycles. The maximum Gasteiger partial charge on any atom is 0.328 e. The van der Waals surface area contributed by atoms with E-state index in [1.54, 1.807) is 25.2 Å². The van der Waals surface area contributed by atoms with Crippen LogP contribution in [0.5, 0.6) is 0 Å². The van der Waals surface area contributed by atoms with Crippen LogP contribution in [0, 0.1) is 5.41 Å². The van der Waals surface area contributed by atoms with Gasteiger partial charge in [-0.3, -0.25) is 39.5 Å². The van der Waals surface area contributed by atoms with Crippen LogP contribution in [0.3, 0.4) is 0 Å². The predicted molar refractivity (Wildman–Crippen MR) is 209 cm³/mol. The van der Waals surface area contributed by atoms with Gasteiger partial charge in [-0.15, -0.1) is 5.10 Å². The maximum absolute atomic E-state index is 13.5. The van der Waals surface area contributed by atoms with Gasteiger partial charge in [-0.25, -0.2) is 14.3 Å². The Morgan fingerprint density at radius 3 is 2.46 bits per heavy atom. The van der Waals surface area contributed by atoms with Crippen LogP contribution in [0.4, 0.5) is 27.7 Å². The quantitative estimate of drug-likeness (QED) is 0.208. The number of likely N-dealkylation sites (tertiary alicyclic amines) is 2. The lowest BCUT2D eigenvalue weighted by molar-refractivity contribution is -0.120. The normalized spacial score (nSPS) is 17.9. The number of imide groups is 1. The number of amides is 5.